The fraction of sp³-hybridized carbons (Fsp3) is 0.533. The van der Waals surface area contributed by atoms with E-state index in [1.165, 1.54) is 5.56 Å². The Balaban J connectivity index is 1.69. The molecule has 1 aromatic rings. The van der Waals surface area contributed by atoms with Gasteiger partial charge in [0.25, 0.3) is 0 Å². The largest absolute Gasteiger partial charge is 0.356 e. The van der Waals surface area contributed by atoms with Crippen LogP contribution in [0.4, 0.5) is 0 Å². The van der Waals surface area contributed by atoms with Crippen LogP contribution in [0, 0.1) is 0 Å². The van der Waals surface area contributed by atoms with Crippen LogP contribution in [0.2, 0.25) is 0 Å². The summed E-state index contributed by atoms with van der Waals surface area (Å²) in [5.74, 6) is 0.0929. The van der Waals surface area contributed by atoms with Crippen molar-refractivity contribution in [2.45, 2.75) is 44.1 Å². The molecule has 0 aliphatic heterocycles. The Kier molecular flexibility index (Phi) is 4.37. The lowest BCUT2D eigenvalue weighted by Crippen LogP contribution is -2.42. The minimum absolute atomic E-state index is 0.0929. The molecule has 1 saturated carbocycles. The highest BCUT2D eigenvalue weighted by Crippen LogP contribution is 2.29. The second-order valence-corrected chi connectivity index (χ2v) is 5.33. The van der Waals surface area contributed by atoms with Gasteiger partial charge in [0.1, 0.15) is 0 Å². The van der Waals surface area contributed by atoms with Gasteiger partial charge in [-0.15, -0.1) is 0 Å². The first-order chi connectivity index (χ1) is 8.68. The van der Waals surface area contributed by atoms with Crippen molar-refractivity contribution in [2.75, 3.05) is 6.54 Å². The first kappa shape index (κ1) is 13.1. The average molecular weight is 246 g/mol. The molecule has 0 bridgehead atoms. The lowest BCUT2D eigenvalue weighted by atomic mass is 9.94. The predicted octanol–water partition coefficient (Wildman–Crippen LogP) is 2.01. The zero-order valence-corrected chi connectivity index (χ0v) is 10.8. The first-order valence-electron chi connectivity index (χ1n) is 6.77. The molecule has 2 rings (SSSR count). The van der Waals surface area contributed by atoms with E-state index in [4.69, 9.17) is 5.73 Å². The van der Waals surface area contributed by atoms with E-state index in [9.17, 15) is 4.79 Å². The fourth-order valence-corrected chi connectivity index (χ4v) is 2.63. The molecule has 0 atom stereocenters. The summed E-state index contributed by atoms with van der Waals surface area (Å²) in [5.41, 5.74) is 7.19. The van der Waals surface area contributed by atoms with Gasteiger partial charge in [0.05, 0.1) is 0 Å². The fourth-order valence-electron chi connectivity index (χ4n) is 2.63. The van der Waals surface area contributed by atoms with Crippen molar-refractivity contribution in [1.82, 2.24) is 5.32 Å². The molecule has 1 amide bonds. The van der Waals surface area contributed by atoms with Gasteiger partial charge in [0.2, 0.25) is 5.91 Å². The zero-order valence-electron chi connectivity index (χ0n) is 10.8. The second kappa shape index (κ2) is 6.01. The highest BCUT2D eigenvalue weighted by Gasteiger charge is 2.31. The van der Waals surface area contributed by atoms with Gasteiger partial charge in [0, 0.05) is 18.5 Å². The lowest BCUT2D eigenvalue weighted by molar-refractivity contribution is -0.122. The maximum absolute atomic E-state index is 11.8. The summed E-state index contributed by atoms with van der Waals surface area (Å²) in [5, 5.41) is 2.96. The Morgan fingerprint density at radius 3 is 2.56 bits per heavy atom. The van der Waals surface area contributed by atoms with E-state index in [0.717, 1.165) is 32.1 Å². The van der Waals surface area contributed by atoms with E-state index in [-0.39, 0.29) is 11.4 Å². The Labute approximate surface area is 109 Å². The van der Waals surface area contributed by atoms with Crippen LogP contribution in [0.1, 0.15) is 37.7 Å². The van der Waals surface area contributed by atoms with E-state index in [0.29, 0.717) is 13.0 Å². The molecule has 3 nitrogen and oxygen atoms in total. The molecule has 1 aliphatic carbocycles. The molecule has 0 unspecified atom stereocenters. The Hall–Kier alpha value is -1.35. The van der Waals surface area contributed by atoms with E-state index in [1.807, 2.05) is 18.2 Å². The molecule has 0 radical (unpaired) electrons. The summed E-state index contributed by atoms with van der Waals surface area (Å²) in [6.45, 7) is 0.693. The van der Waals surface area contributed by atoms with Crippen LogP contribution < -0.4 is 11.1 Å². The van der Waals surface area contributed by atoms with Crippen molar-refractivity contribution in [3.8, 4) is 0 Å². The standard InChI is InChI=1S/C15H22N2O/c16-15(9-4-5-10-15)12-14(18)17-11-8-13-6-2-1-3-7-13/h1-3,6-7H,4-5,8-12,16H2,(H,17,18). The zero-order chi connectivity index (χ0) is 12.8. The number of hydrogen-bond acceptors (Lipinski definition) is 2. The maximum atomic E-state index is 11.8. The molecule has 0 spiro atoms. The van der Waals surface area contributed by atoms with Crippen molar-refractivity contribution in [3.63, 3.8) is 0 Å². The number of nitrogens with one attached hydrogen (secondary N) is 1. The normalized spacial score (nSPS) is 17.6. The van der Waals surface area contributed by atoms with Crippen LogP contribution in [0.25, 0.3) is 0 Å². The SMILES string of the molecule is NC1(CC(=O)NCCc2ccccc2)CCCC1. The minimum atomic E-state index is -0.239. The van der Waals surface area contributed by atoms with Gasteiger partial charge < -0.3 is 11.1 Å². The van der Waals surface area contributed by atoms with Crippen molar-refractivity contribution in [2.24, 2.45) is 5.73 Å². The Morgan fingerprint density at radius 2 is 1.89 bits per heavy atom. The Bertz CT molecular complexity index is 383. The minimum Gasteiger partial charge on any atom is -0.356 e. The maximum Gasteiger partial charge on any atom is 0.221 e. The number of hydrogen-bond donors (Lipinski definition) is 2. The monoisotopic (exact) mass is 246 g/mol. The molecule has 1 fully saturated rings. The quantitative estimate of drug-likeness (QED) is 0.835. The summed E-state index contributed by atoms with van der Waals surface area (Å²) in [7, 11) is 0. The lowest BCUT2D eigenvalue weighted by Gasteiger charge is -2.22. The highest BCUT2D eigenvalue weighted by molar-refractivity contribution is 5.77. The number of benzene rings is 1. The van der Waals surface area contributed by atoms with E-state index < -0.39 is 0 Å². The van der Waals surface area contributed by atoms with E-state index >= 15 is 0 Å². The third kappa shape index (κ3) is 3.84. The molecule has 3 heteroatoms. The van der Waals surface area contributed by atoms with Gasteiger partial charge in [-0.2, -0.15) is 0 Å². The molecule has 1 aromatic carbocycles. The van der Waals surface area contributed by atoms with Crippen LogP contribution in [0.15, 0.2) is 30.3 Å². The number of amides is 1. The summed E-state index contributed by atoms with van der Waals surface area (Å²) in [6, 6.07) is 10.2. The molecule has 0 saturated heterocycles. The first-order valence-corrected chi connectivity index (χ1v) is 6.77. The topological polar surface area (TPSA) is 55.1 Å². The van der Waals surface area contributed by atoms with Crippen LogP contribution in [0.3, 0.4) is 0 Å². The van der Waals surface area contributed by atoms with Crippen molar-refractivity contribution < 1.29 is 4.79 Å². The molecular formula is C15H22N2O. The average Bonchev–Trinajstić information content (AvgIpc) is 2.77. The van der Waals surface area contributed by atoms with Crippen molar-refractivity contribution >= 4 is 5.91 Å². The molecule has 0 aromatic heterocycles. The third-order valence-electron chi connectivity index (χ3n) is 3.69. The summed E-state index contributed by atoms with van der Waals surface area (Å²) < 4.78 is 0. The van der Waals surface area contributed by atoms with Gasteiger partial charge in [-0.25, -0.2) is 0 Å². The van der Waals surface area contributed by atoms with Crippen LogP contribution >= 0.6 is 0 Å². The van der Waals surface area contributed by atoms with Crippen LogP contribution in [-0.4, -0.2) is 18.0 Å². The number of nitrogens with two attached hydrogens (primary N) is 1. The second-order valence-electron chi connectivity index (χ2n) is 5.33. The molecule has 3 N–H and O–H groups in total. The third-order valence-corrected chi connectivity index (χ3v) is 3.69. The highest BCUT2D eigenvalue weighted by atomic mass is 16.1. The van der Waals surface area contributed by atoms with E-state index in [2.05, 4.69) is 17.4 Å². The molecule has 18 heavy (non-hydrogen) atoms. The Morgan fingerprint density at radius 1 is 1.22 bits per heavy atom. The van der Waals surface area contributed by atoms with E-state index in [1.54, 1.807) is 0 Å². The smallest absolute Gasteiger partial charge is 0.221 e. The van der Waals surface area contributed by atoms with Gasteiger partial charge in [-0.05, 0) is 24.8 Å². The van der Waals surface area contributed by atoms with Crippen LogP contribution in [0.5, 0.6) is 0 Å². The molecule has 0 heterocycles. The van der Waals surface area contributed by atoms with Gasteiger partial charge in [-0.1, -0.05) is 43.2 Å². The van der Waals surface area contributed by atoms with Crippen LogP contribution in [-0.2, 0) is 11.2 Å². The molecular weight excluding hydrogens is 224 g/mol. The summed E-state index contributed by atoms with van der Waals surface area (Å²) in [6.07, 6.45) is 5.64. The summed E-state index contributed by atoms with van der Waals surface area (Å²) in [4.78, 5) is 11.8. The van der Waals surface area contributed by atoms with Gasteiger partial charge in [0.15, 0.2) is 0 Å². The molecule has 98 valence electrons. The number of carbonyl (C=O) groups excluding carboxylic acids is 1. The summed E-state index contributed by atoms with van der Waals surface area (Å²) >= 11 is 0. The van der Waals surface area contributed by atoms with Crippen molar-refractivity contribution in [3.05, 3.63) is 35.9 Å². The predicted molar refractivity (Wildman–Crippen MR) is 73.2 cm³/mol. The number of rotatable bonds is 5. The van der Waals surface area contributed by atoms with Gasteiger partial charge in [-0.3, -0.25) is 4.79 Å². The van der Waals surface area contributed by atoms with Gasteiger partial charge >= 0.3 is 0 Å². The van der Waals surface area contributed by atoms with Crippen molar-refractivity contribution in [1.29, 1.82) is 0 Å². The molecule has 1 aliphatic rings. The number of carbonyl (C=O) groups is 1.